The molecule has 0 saturated heterocycles. The normalized spacial score (nSPS) is 14.4. The number of halogens is 2. The fraction of sp³-hybridized carbons (Fsp3) is 0.400. The van der Waals surface area contributed by atoms with Crippen LogP contribution in [0.1, 0.15) is 25.2 Å². The van der Waals surface area contributed by atoms with Gasteiger partial charge >= 0.3 is 6.55 Å². The van der Waals surface area contributed by atoms with Crippen molar-refractivity contribution in [1.29, 1.82) is 0 Å². The maximum atomic E-state index is 12.9. The fourth-order valence-corrected chi connectivity index (χ4v) is 2.05. The van der Waals surface area contributed by atoms with Crippen LogP contribution in [-0.2, 0) is 0 Å². The molecule has 0 atom stereocenters. The van der Waals surface area contributed by atoms with Gasteiger partial charge in [0.25, 0.3) is 5.56 Å². The van der Waals surface area contributed by atoms with E-state index in [1.807, 2.05) is 0 Å². The Morgan fingerprint density at radius 1 is 1.41 bits per heavy atom. The van der Waals surface area contributed by atoms with E-state index in [0.717, 1.165) is 25.1 Å². The second kappa shape index (κ2) is 5.82. The lowest BCUT2D eigenvalue weighted by Crippen LogP contribution is -2.19. The average Bonchev–Trinajstić information content (AvgIpc) is 3.30. The van der Waals surface area contributed by atoms with Gasteiger partial charge in [-0.05, 0) is 31.7 Å². The number of alkyl halides is 2. The van der Waals surface area contributed by atoms with Crippen LogP contribution in [0, 0.1) is 12.8 Å². The number of hydrogen-bond donors (Lipinski definition) is 0. The highest BCUT2D eigenvalue weighted by atomic mass is 19.3. The molecule has 5 nitrogen and oxygen atoms in total. The predicted octanol–water partition coefficient (Wildman–Crippen LogP) is 2.80. The molecule has 0 unspecified atom stereocenters. The van der Waals surface area contributed by atoms with Crippen molar-refractivity contribution in [1.82, 2.24) is 14.5 Å². The molecule has 1 fully saturated rings. The van der Waals surface area contributed by atoms with Gasteiger partial charge < -0.3 is 4.74 Å². The molecule has 0 N–H and O–H groups in total. The van der Waals surface area contributed by atoms with Crippen LogP contribution in [0.4, 0.5) is 8.78 Å². The Morgan fingerprint density at radius 3 is 2.86 bits per heavy atom. The minimum absolute atomic E-state index is 0.360. The van der Waals surface area contributed by atoms with Gasteiger partial charge in [-0.25, -0.2) is 4.98 Å². The van der Waals surface area contributed by atoms with Gasteiger partial charge in [-0.1, -0.05) is 0 Å². The van der Waals surface area contributed by atoms with Crippen molar-refractivity contribution >= 4 is 0 Å². The molecule has 0 spiro atoms. The van der Waals surface area contributed by atoms with Gasteiger partial charge in [-0.3, -0.25) is 9.36 Å². The second-order valence-electron chi connectivity index (χ2n) is 5.33. The maximum Gasteiger partial charge on any atom is 0.321 e. The summed E-state index contributed by atoms with van der Waals surface area (Å²) in [7, 11) is 0. The number of pyridine rings is 1. The average molecular weight is 307 g/mol. The van der Waals surface area contributed by atoms with E-state index in [9.17, 15) is 13.6 Å². The van der Waals surface area contributed by atoms with Crippen LogP contribution in [0.3, 0.4) is 0 Å². The van der Waals surface area contributed by atoms with Crippen molar-refractivity contribution in [3.05, 3.63) is 40.7 Å². The third-order valence-corrected chi connectivity index (χ3v) is 3.49. The molecule has 0 aliphatic heterocycles. The first-order valence-electron chi connectivity index (χ1n) is 7.02. The van der Waals surface area contributed by atoms with Gasteiger partial charge in [-0.15, -0.1) is 0 Å². The topological polar surface area (TPSA) is 57.0 Å². The summed E-state index contributed by atoms with van der Waals surface area (Å²) in [5.74, 6) is 1.44. The van der Waals surface area contributed by atoms with E-state index in [0.29, 0.717) is 39.9 Å². The zero-order valence-electron chi connectivity index (χ0n) is 12.0. The van der Waals surface area contributed by atoms with Crippen molar-refractivity contribution < 1.29 is 13.5 Å². The Kier molecular flexibility index (Phi) is 3.87. The lowest BCUT2D eigenvalue weighted by molar-refractivity contribution is 0.0665. The van der Waals surface area contributed by atoms with Crippen LogP contribution >= 0.6 is 0 Å². The second-order valence-corrected chi connectivity index (χ2v) is 5.33. The Bertz CT molecular complexity index is 742. The van der Waals surface area contributed by atoms with Gasteiger partial charge in [-0.2, -0.15) is 13.8 Å². The lowest BCUT2D eigenvalue weighted by atomic mass is 10.1. The van der Waals surface area contributed by atoms with Crippen LogP contribution in [0.15, 0.2) is 29.3 Å². The van der Waals surface area contributed by atoms with Gasteiger partial charge in [0.15, 0.2) is 0 Å². The number of rotatable bonds is 5. The minimum Gasteiger partial charge on any atom is -0.477 e. The van der Waals surface area contributed by atoms with Crippen molar-refractivity contribution in [2.24, 2.45) is 5.92 Å². The molecular formula is C15H15F2N3O2. The first-order valence-corrected chi connectivity index (χ1v) is 7.02. The quantitative estimate of drug-likeness (QED) is 0.852. The summed E-state index contributed by atoms with van der Waals surface area (Å²) >= 11 is 0. The molecule has 22 heavy (non-hydrogen) atoms. The Hall–Kier alpha value is -2.31. The smallest absolute Gasteiger partial charge is 0.321 e. The first kappa shape index (κ1) is 14.6. The maximum absolute atomic E-state index is 12.9. The van der Waals surface area contributed by atoms with Gasteiger partial charge in [0, 0.05) is 24.0 Å². The standard InChI is InChI=1S/C15H15F2N3O2/c1-9-18-6-12(14(19-9)22-8-10-2-3-10)11-4-5-13(21)20(7-11)15(16)17/h4-7,10,15H,2-3,8H2,1H3. The van der Waals surface area contributed by atoms with E-state index >= 15 is 0 Å². The lowest BCUT2D eigenvalue weighted by Gasteiger charge is -2.12. The molecule has 3 rings (SSSR count). The predicted molar refractivity (Wildman–Crippen MR) is 75.9 cm³/mol. The van der Waals surface area contributed by atoms with Gasteiger partial charge in [0.2, 0.25) is 5.88 Å². The highest BCUT2D eigenvalue weighted by Gasteiger charge is 2.23. The van der Waals surface area contributed by atoms with E-state index in [2.05, 4.69) is 9.97 Å². The fourth-order valence-electron chi connectivity index (χ4n) is 2.05. The van der Waals surface area contributed by atoms with Gasteiger partial charge in [0.05, 0.1) is 12.2 Å². The number of ether oxygens (including phenoxy) is 1. The highest BCUT2D eigenvalue weighted by Crippen LogP contribution is 2.32. The Balaban J connectivity index is 1.99. The SMILES string of the molecule is Cc1ncc(-c2ccc(=O)n(C(F)F)c2)c(OCC2CC2)n1. The van der Waals surface area contributed by atoms with Crippen molar-refractivity contribution in [3.8, 4) is 17.0 Å². The van der Waals surface area contributed by atoms with E-state index in [-0.39, 0.29) is 0 Å². The summed E-state index contributed by atoms with van der Waals surface area (Å²) in [6.45, 7) is -0.610. The number of hydrogen-bond acceptors (Lipinski definition) is 4. The molecule has 0 radical (unpaired) electrons. The van der Waals surface area contributed by atoms with Crippen molar-refractivity contribution in [3.63, 3.8) is 0 Å². The molecule has 1 aliphatic rings. The summed E-state index contributed by atoms with van der Waals surface area (Å²) in [6, 6.07) is 2.57. The number of nitrogens with zero attached hydrogens (tertiary/aromatic N) is 3. The molecule has 0 aromatic carbocycles. The molecule has 2 aromatic heterocycles. The first-order chi connectivity index (χ1) is 10.5. The van der Waals surface area contributed by atoms with E-state index in [1.165, 1.54) is 12.3 Å². The minimum atomic E-state index is -2.89. The summed E-state index contributed by atoms with van der Waals surface area (Å²) < 4.78 is 31.8. The van der Waals surface area contributed by atoms with E-state index in [4.69, 9.17) is 4.74 Å². The molecular weight excluding hydrogens is 292 g/mol. The van der Waals surface area contributed by atoms with Crippen LogP contribution in [0.2, 0.25) is 0 Å². The molecule has 1 saturated carbocycles. The largest absolute Gasteiger partial charge is 0.477 e. The molecule has 0 bridgehead atoms. The number of aryl methyl sites for hydroxylation is 1. The third-order valence-electron chi connectivity index (χ3n) is 3.49. The molecule has 116 valence electrons. The highest BCUT2D eigenvalue weighted by molar-refractivity contribution is 5.66. The Labute approximate surface area is 125 Å². The van der Waals surface area contributed by atoms with Crippen LogP contribution in [0.5, 0.6) is 5.88 Å². The zero-order valence-corrected chi connectivity index (χ0v) is 12.0. The van der Waals surface area contributed by atoms with Gasteiger partial charge in [0.1, 0.15) is 5.82 Å². The number of aromatic nitrogens is 3. The monoisotopic (exact) mass is 307 g/mol. The zero-order chi connectivity index (χ0) is 15.7. The van der Waals surface area contributed by atoms with E-state index in [1.54, 1.807) is 6.92 Å². The van der Waals surface area contributed by atoms with Crippen LogP contribution < -0.4 is 10.3 Å². The summed E-state index contributed by atoms with van der Waals surface area (Å²) in [5.41, 5.74) is 0.165. The van der Waals surface area contributed by atoms with Crippen molar-refractivity contribution in [2.45, 2.75) is 26.3 Å². The summed E-state index contributed by atoms with van der Waals surface area (Å²) in [6.07, 6.45) is 4.90. The third kappa shape index (κ3) is 3.13. The molecule has 1 aliphatic carbocycles. The van der Waals surface area contributed by atoms with E-state index < -0.39 is 12.1 Å². The molecule has 7 heteroatoms. The van der Waals surface area contributed by atoms with Crippen molar-refractivity contribution in [2.75, 3.05) is 6.61 Å². The summed E-state index contributed by atoms with van der Waals surface area (Å²) in [4.78, 5) is 19.8. The van der Waals surface area contributed by atoms with Crippen LogP contribution in [-0.4, -0.2) is 21.1 Å². The molecule has 2 heterocycles. The van der Waals surface area contributed by atoms with Crippen LogP contribution in [0.25, 0.3) is 11.1 Å². The Morgan fingerprint density at radius 2 is 2.18 bits per heavy atom. The summed E-state index contributed by atoms with van der Waals surface area (Å²) in [5, 5.41) is 0. The molecule has 2 aromatic rings. The molecule has 0 amide bonds.